The summed E-state index contributed by atoms with van der Waals surface area (Å²) >= 11 is 0. The van der Waals surface area contributed by atoms with Crippen molar-refractivity contribution in [1.29, 1.82) is 0 Å². The molecule has 2 bridgehead atoms. The predicted octanol–water partition coefficient (Wildman–Crippen LogP) is 2.35. The summed E-state index contributed by atoms with van der Waals surface area (Å²) in [5.41, 5.74) is 2.99. The number of alkyl halides is 3. The molecule has 1 aromatic rings. The van der Waals surface area contributed by atoms with Crippen molar-refractivity contribution in [2.24, 2.45) is 11.8 Å². The fourth-order valence-corrected chi connectivity index (χ4v) is 5.34. The SMILES string of the molecule is COC(=O)/C=C/c1ccc2c(c1)C[C@@H]1CC[C@H](C2)[C@H]1NS(=O)(=O)NCC(F)(F)F. The Hall–Kier alpha value is -1.91. The van der Waals surface area contributed by atoms with Crippen molar-refractivity contribution in [2.45, 2.75) is 37.9 Å². The van der Waals surface area contributed by atoms with Gasteiger partial charge in [0.2, 0.25) is 0 Å². The van der Waals surface area contributed by atoms with Crippen molar-refractivity contribution in [3.8, 4) is 0 Å². The van der Waals surface area contributed by atoms with E-state index in [1.807, 2.05) is 18.2 Å². The minimum Gasteiger partial charge on any atom is -0.466 e. The van der Waals surface area contributed by atoms with Crippen molar-refractivity contribution in [2.75, 3.05) is 13.7 Å². The van der Waals surface area contributed by atoms with Crippen molar-refractivity contribution in [3.63, 3.8) is 0 Å². The van der Waals surface area contributed by atoms with Gasteiger partial charge in [-0.05, 0) is 60.3 Å². The van der Waals surface area contributed by atoms with Crippen LogP contribution in [0.1, 0.15) is 29.5 Å². The maximum Gasteiger partial charge on any atom is 0.402 e. The van der Waals surface area contributed by atoms with Crippen LogP contribution in [-0.2, 0) is 32.6 Å². The smallest absolute Gasteiger partial charge is 0.402 e. The van der Waals surface area contributed by atoms with Gasteiger partial charge < -0.3 is 4.74 Å². The highest BCUT2D eigenvalue weighted by Gasteiger charge is 2.41. The molecule has 0 radical (unpaired) electrons. The van der Waals surface area contributed by atoms with Gasteiger partial charge in [0.15, 0.2) is 0 Å². The Kier molecular flexibility index (Phi) is 6.35. The summed E-state index contributed by atoms with van der Waals surface area (Å²) in [7, 11) is -2.96. The number of fused-ring (bicyclic) bond motifs is 3. The van der Waals surface area contributed by atoms with E-state index in [1.165, 1.54) is 13.2 Å². The number of carbonyl (C=O) groups excluding carboxylic acids is 1. The Balaban J connectivity index is 1.74. The van der Waals surface area contributed by atoms with Gasteiger partial charge in [0.25, 0.3) is 10.2 Å². The maximum absolute atomic E-state index is 12.4. The third-order valence-electron chi connectivity index (χ3n) is 5.49. The highest BCUT2D eigenvalue weighted by atomic mass is 32.2. The lowest BCUT2D eigenvalue weighted by atomic mass is 9.92. The molecule has 0 unspecified atom stereocenters. The molecule has 29 heavy (non-hydrogen) atoms. The molecule has 0 amide bonds. The van der Waals surface area contributed by atoms with Crippen LogP contribution in [0.5, 0.6) is 0 Å². The van der Waals surface area contributed by atoms with Gasteiger partial charge in [0.05, 0.1) is 7.11 Å². The number of halogens is 3. The van der Waals surface area contributed by atoms with E-state index in [0.29, 0.717) is 12.8 Å². The van der Waals surface area contributed by atoms with E-state index in [2.05, 4.69) is 9.46 Å². The molecule has 3 atom stereocenters. The lowest BCUT2D eigenvalue weighted by Gasteiger charge is -2.23. The molecule has 2 aliphatic rings. The topological polar surface area (TPSA) is 84.5 Å². The summed E-state index contributed by atoms with van der Waals surface area (Å²) in [5.74, 6) is -0.427. The average Bonchev–Trinajstić information content (AvgIpc) is 2.91. The number of methoxy groups -OCH3 is 1. The number of ether oxygens (including phenoxy) is 1. The lowest BCUT2D eigenvalue weighted by molar-refractivity contribution is -0.134. The second kappa shape index (κ2) is 8.45. The van der Waals surface area contributed by atoms with Gasteiger partial charge in [-0.2, -0.15) is 31.0 Å². The highest BCUT2D eigenvalue weighted by molar-refractivity contribution is 7.87. The first-order valence-corrected chi connectivity index (χ1v) is 10.8. The lowest BCUT2D eigenvalue weighted by Crippen LogP contribution is -2.49. The second-order valence-electron chi connectivity index (χ2n) is 7.47. The number of nitrogens with one attached hydrogen (secondary N) is 2. The zero-order valence-corrected chi connectivity index (χ0v) is 16.6. The van der Waals surface area contributed by atoms with E-state index in [-0.39, 0.29) is 11.8 Å². The van der Waals surface area contributed by atoms with Crippen LogP contribution in [0.2, 0.25) is 0 Å². The van der Waals surface area contributed by atoms with Crippen molar-refractivity contribution in [1.82, 2.24) is 9.44 Å². The van der Waals surface area contributed by atoms with E-state index < -0.39 is 34.9 Å². The van der Waals surface area contributed by atoms with Gasteiger partial charge in [0, 0.05) is 12.1 Å². The Morgan fingerprint density at radius 1 is 1.21 bits per heavy atom. The number of carbonyl (C=O) groups is 1. The summed E-state index contributed by atoms with van der Waals surface area (Å²) in [6.45, 7) is -1.60. The molecule has 1 aromatic carbocycles. The predicted molar refractivity (Wildman–Crippen MR) is 101 cm³/mol. The minimum atomic E-state index is -4.61. The van der Waals surface area contributed by atoms with Crippen LogP contribution in [0.3, 0.4) is 0 Å². The number of rotatable bonds is 6. The molecule has 3 rings (SSSR count). The highest BCUT2D eigenvalue weighted by Crippen LogP contribution is 2.40. The fraction of sp³-hybridized carbons (Fsp3) is 0.526. The Morgan fingerprint density at radius 2 is 1.86 bits per heavy atom. The van der Waals surface area contributed by atoms with E-state index >= 15 is 0 Å². The Bertz CT molecular complexity index is 899. The zero-order chi connectivity index (χ0) is 21.2. The second-order valence-corrected chi connectivity index (χ2v) is 9.01. The molecule has 10 heteroatoms. The van der Waals surface area contributed by atoms with E-state index in [9.17, 15) is 26.4 Å². The largest absolute Gasteiger partial charge is 0.466 e. The normalized spacial score (nSPS) is 24.3. The third-order valence-corrected chi connectivity index (χ3v) is 6.59. The molecule has 1 fully saturated rings. The molecule has 6 nitrogen and oxygen atoms in total. The van der Waals surface area contributed by atoms with Gasteiger partial charge in [0.1, 0.15) is 6.54 Å². The van der Waals surface area contributed by atoms with Crippen molar-refractivity contribution >= 4 is 22.3 Å². The van der Waals surface area contributed by atoms with Crippen LogP contribution in [0.4, 0.5) is 13.2 Å². The number of esters is 1. The molecule has 0 saturated heterocycles. The summed E-state index contributed by atoms with van der Waals surface area (Å²) in [6, 6.07) is 5.38. The molecule has 0 spiro atoms. The summed E-state index contributed by atoms with van der Waals surface area (Å²) in [6.07, 6.45) is 1.27. The van der Waals surface area contributed by atoms with Crippen LogP contribution in [0, 0.1) is 11.8 Å². The summed E-state index contributed by atoms with van der Waals surface area (Å²) < 4.78 is 69.9. The fourth-order valence-electron chi connectivity index (χ4n) is 4.16. The summed E-state index contributed by atoms with van der Waals surface area (Å²) in [5, 5.41) is 0. The van der Waals surface area contributed by atoms with Gasteiger partial charge in [-0.25, -0.2) is 4.79 Å². The van der Waals surface area contributed by atoms with Crippen LogP contribution >= 0.6 is 0 Å². The number of benzene rings is 1. The molecule has 0 heterocycles. The molecule has 2 N–H and O–H groups in total. The first-order valence-electron chi connectivity index (χ1n) is 9.28. The molecule has 1 saturated carbocycles. The van der Waals surface area contributed by atoms with Crippen LogP contribution in [0.15, 0.2) is 24.3 Å². The van der Waals surface area contributed by atoms with Crippen molar-refractivity contribution in [3.05, 3.63) is 41.0 Å². The van der Waals surface area contributed by atoms with E-state index in [1.54, 1.807) is 10.8 Å². The molecule has 160 valence electrons. The van der Waals surface area contributed by atoms with Gasteiger partial charge in [-0.3, -0.25) is 0 Å². The number of hydrogen-bond acceptors (Lipinski definition) is 4. The first-order chi connectivity index (χ1) is 13.6. The van der Waals surface area contributed by atoms with Crippen LogP contribution < -0.4 is 9.44 Å². The quantitative estimate of drug-likeness (QED) is 0.534. The maximum atomic E-state index is 12.4. The Morgan fingerprint density at radius 3 is 2.48 bits per heavy atom. The molecule has 0 aliphatic heterocycles. The first kappa shape index (κ1) is 21.8. The number of hydrogen-bond donors (Lipinski definition) is 2. The Labute approximate surface area is 167 Å². The third kappa shape index (κ3) is 5.80. The standard InChI is InChI=1S/C19H23F3N2O4S/c1-28-17(25)7-3-12-2-4-13-9-14-5-6-15(10-16(13)8-12)18(14)24-29(26,27)23-11-19(20,21)22/h2-4,7-8,14-15,18,23-24H,5-6,9-11H2,1H3/b7-3+/t14-,15+,18-/m1/s1. The van der Waals surface area contributed by atoms with Crippen molar-refractivity contribution < 1.29 is 31.1 Å². The molecule has 2 aliphatic carbocycles. The van der Waals surface area contributed by atoms with Gasteiger partial charge >= 0.3 is 12.1 Å². The summed E-state index contributed by atoms with van der Waals surface area (Å²) in [4.78, 5) is 11.3. The minimum absolute atomic E-state index is 0.00329. The van der Waals surface area contributed by atoms with E-state index in [0.717, 1.165) is 29.5 Å². The van der Waals surface area contributed by atoms with Crippen LogP contribution in [-0.4, -0.2) is 40.3 Å². The van der Waals surface area contributed by atoms with E-state index in [4.69, 9.17) is 0 Å². The van der Waals surface area contributed by atoms with Gasteiger partial charge in [-0.15, -0.1) is 0 Å². The molecular formula is C19H23F3N2O4S. The molecular weight excluding hydrogens is 409 g/mol. The zero-order valence-electron chi connectivity index (χ0n) is 15.8. The molecule has 0 aromatic heterocycles. The van der Waals surface area contributed by atoms with Crippen LogP contribution in [0.25, 0.3) is 6.08 Å². The van der Waals surface area contributed by atoms with Gasteiger partial charge in [-0.1, -0.05) is 18.2 Å². The average molecular weight is 432 g/mol. The monoisotopic (exact) mass is 432 g/mol.